The number of carbonyl (C=O) groups is 1. The molecule has 3 aromatic rings. The normalized spacial score (nSPS) is 12.2. The van der Waals surface area contributed by atoms with Gasteiger partial charge < -0.3 is 25.0 Å². The quantitative estimate of drug-likeness (QED) is 0.306. The van der Waals surface area contributed by atoms with Crippen LogP contribution in [0.15, 0.2) is 30.7 Å². The molecule has 0 aliphatic heterocycles. The molecule has 0 atom stereocenters. The van der Waals surface area contributed by atoms with Crippen LogP contribution in [0, 0.1) is 6.92 Å². The van der Waals surface area contributed by atoms with Crippen LogP contribution in [-0.2, 0) is 11.5 Å². The zero-order valence-corrected chi connectivity index (χ0v) is 21.3. The minimum atomic E-state index is -1.21. The van der Waals surface area contributed by atoms with E-state index in [0.717, 1.165) is 11.6 Å². The highest BCUT2D eigenvalue weighted by molar-refractivity contribution is 6.76. The zero-order chi connectivity index (χ0) is 24.2. The molecular weight excluding hydrogens is 436 g/mol. The van der Waals surface area contributed by atoms with Gasteiger partial charge in [-0.1, -0.05) is 25.7 Å². The van der Waals surface area contributed by atoms with Gasteiger partial charge in [-0.3, -0.25) is 4.79 Å². The van der Waals surface area contributed by atoms with E-state index in [1.807, 2.05) is 19.1 Å². The molecule has 9 nitrogen and oxygen atoms in total. The lowest BCUT2D eigenvalue weighted by molar-refractivity contribution is 0.0859. The maximum absolute atomic E-state index is 13.0. The van der Waals surface area contributed by atoms with Crippen molar-refractivity contribution in [3.8, 4) is 0 Å². The van der Waals surface area contributed by atoms with Gasteiger partial charge in [-0.25, -0.2) is 15.0 Å². The number of carbonyl (C=O) groups excluding carboxylic acids is 1. The molecule has 0 saturated heterocycles. The van der Waals surface area contributed by atoms with E-state index in [1.165, 1.54) is 0 Å². The first kappa shape index (κ1) is 24.8. The third-order valence-electron chi connectivity index (χ3n) is 5.05. The monoisotopic (exact) mass is 470 g/mol. The summed E-state index contributed by atoms with van der Waals surface area (Å²) in [5.41, 5.74) is 1.66. The Kier molecular flexibility index (Phi) is 7.50. The fourth-order valence-corrected chi connectivity index (χ4v) is 3.76. The summed E-state index contributed by atoms with van der Waals surface area (Å²) in [6.45, 7) is 13.1. The number of nitrogens with one attached hydrogen (secondary N) is 2. The molecule has 33 heavy (non-hydrogen) atoms. The molecule has 0 fully saturated rings. The van der Waals surface area contributed by atoms with Crippen molar-refractivity contribution in [2.75, 3.05) is 18.5 Å². The number of anilines is 2. The summed E-state index contributed by atoms with van der Waals surface area (Å²) >= 11 is 0. The molecule has 0 aliphatic rings. The summed E-state index contributed by atoms with van der Waals surface area (Å²) in [4.78, 5) is 26.6. The summed E-state index contributed by atoms with van der Waals surface area (Å²) in [5, 5.41) is 15.6. The Hall–Kier alpha value is -2.82. The number of aryl methyl sites for hydroxylation is 1. The van der Waals surface area contributed by atoms with Crippen LogP contribution < -0.4 is 10.6 Å². The van der Waals surface area contributed by atoms with E-state index >= 15 is 0 Å². The summed E-state index contributed by atoms with van der Waals surface area (Å²) in [6, 6.07) is 4.86. The Morgan fingerprint density at radius 1 is 1.18 bits per heavy atom. The average Bonchev–Trinajstić information content (AvgIpc) is 3.10. The first-order valence-corrected chi connectivity index (χ1v) is 14.7. The van der Waals surface area contributed by atoms with Crippen molar-refractivity contribution in [2.45, 2.75) is 58.7 Å². The second-order valence-corrected chi connectivity index (χ2v) is 15.8. The number of pyridine rings is 1. The van der Waals surface area contributed by atoms with Gasteiger partial charge in [-0.2, -0.15) is 0 Å². The number of aromatic nitrogens is 4. The highest BCUT2D eigenvalue weighted by Crippen LogP contribution is 2.22. The van der Waals surface area contributed by atoms with Gasteiger partial charge in [0.15, 0.2) is 11.5 Å². The maximum Gasteiger partial charge on any atom is 0.255 e. The van der Waals surface area contributed by atoms with E-state index in [2.05, 4.69) is 45.2 Å². The van der Waals surface area contributed by atoms with Crippen molar-refractivity contribution in [1.29, 1.82) is 0 Å². The van der Waals surface area contributed by atoms with Crippen molar-refractivity contribution >= 4 is 36.8 Å². The second kappa shape index (κ2) is 9.98. The topological polar surface area (TPSA) is 114 Å². The Labute approximate surface area is 195 Å². The molecule has 3 N–H and O–H groups in total. The minimum Gasteiger partial charge on any atom is -0.394 e. The van der Waals surface area contributed by atoms with Crippen LogP contribution in [0.2, 0.25) is 25.7 Å². The molecule has 0 aromatic carbocycles. The SMILES string of the molecule is Cc1ccc(Nc2cnc3c(n2)c(C(=O)NC(C)(C)CO)cn3COCC[Si](C)(C)C)nc1. The fraction of sp³-hybridized carbons (Fsp3) is 0.478. The van der Waals surface area contributed by atoms with Gasteiger partial charge in [0.25, 0.3) is 5.91 Å². The first-order chi connectivity index (χ1) is 15.5. The van der Waals surface area contributed by atoms with Gasteiger partial charge in [-0.05, 0) is 38.4 Å². The van der Waals surface area contributed by atoms with Gasteiger partial charge in [0.05, 0.1) is 23.9 Å². The van der Waals surface area contributed by atoms with E-state index in [4.69, 9.17) is 4.74 Å². The lowest BCUT2D eigenvalue weighted by Gasteiger charge is -2.23. The Balaban J connectivity index is 1.90. The van der Waals surface area contributed by atoms with Crippen molar-refractivity contribution in [1.82, 2.24) is 24.8 Å². The number of fused-ring (bicyclic) bond motifs is 1. The Morgan fingerprint density at radius 3 is 2.58 bits per heavy atom. The molecule has 0 radical (unpaired) electrons. The molecule has 10 heteroatoms. The highest BCUT2D eigenvalue weighted by atomic mass is 28.3. The standard InChI is InChI=1S/C23H34N6O3Si/c1-16-7-8-18(24-11-16)26-19-12-25-21-20(27-19)17(22(31)28-23(2,3)14-30)13-29(21)15-32-9-10-33(4,5)6/h7-8,11-13,30H,9-10,14-15H2,1-6H3,(H,28,31)(H,24,26,27). The van der Waals surface area contributed by atoms with Crippen molar-refractivity contribution < 1.29 is 14.6 Å². The summed E-state index contributed by atoms with van der Waals surface area (Å²) in [5.74, 6) is 0.780. The molecule has 0 spiro atoms. The van der Waals surface area contributed by atoms with Crippen LogP contribution in [0.25, 0.3) is 11.2 Å². The number of hydrogen-bond donors (Lipinski definition) is 3. The van der Waals surface area contributed by atoms with E-state index < -0.39 is 13.6 Å². The number of rotatable bonds is 10. The van der Waals surface area contributed by atoms with E-state index in [9.17, 15) is 9.90 Å². The van der Waals surface area contributed by atoms with Crippen LogP contribution >= 0.6 is 0 Å². The van der Waals surface area contributed by atoms with Gasteiger partial charge >= 0.3 is 0 Å². The third kappa shape index (κ3) is 6.83. The van der Waals surface area contributed by atoms with Crippen molar-refractivity contribution in [2.24, 2.45) is 0 Å². The molecule has 1 amide bonds. The van der Waals surface area contributed by atoms with Gasteiger partial charge in [0, 0.05) is 27.1 Å². The molecule has 0 bridgehead atoms. The fourth-order valence-electron chi connectivity index (χ4n) is 3.00. The van der Waals surface area contributed by atoms with Crippen molar-refractivity contribution in [3.05, 3.63) is 41.9 Å². The number of aliphatic hydroxyl groups excluding tert-OH is 1. The molecule has 0 unspecified atom stereocenters. The molecule has 3 heterocycles. The zero-order valence-electron chi connectivity index (χ0n) is 20.3. The minimum absolute atomic E-state index is 0.186. The van der Waals surface area contributed by atoms with Crippen LogP contribution in [0.5, 0.6) is 0 Å². The van der Waals surface area contributed by atoms with Gasteiger partial charge in [0.1, 0.15) is 18.1 Å². The molecule has 3 rings (SSSR count). The number of aliphatic hydroxyl groups is 1. The molecule has 3 aromatic heterocycles. The van der Waals surface area contributed by atoms with Gasteiger partial charge in [0.2, 0.25) is 0 Å². The summed E-state index contributed by atoms with van der Waals surface area (Å²) in [6.07, 6.45) is 5.08. The molecular formula is C23H34N6O3Si. The molecule has 178 valence electrons. The lowest BCUT2D eigenvalue weighted by atomic mass is 10.1. The predicted octanol–water partition coefficient (Wildman–Crippen LogP) is 3.69. The smallest absolute Gasteiger partial charge is 0.255 e. The highest BCUT2D eigenvalue weighted by Gasteiger charge is 2.24. The van der Waals surface area contributed by atoms with Crippen LogP contribution in [0.3, 0.4) is 0 Å². The molecule has 0 aliphatic carbocycles. The number of nitrogens with zero attached hydrogens (tertiary/aromatic N) is 4. The number of ether oxygens (including phenoxy) is 1. The van der Waals surface area contributed by atoms with Gasteiger partial charge in [-0.15, -0.1) is 0 Å². The van der Waals surface area contributed by atoms with Crippen LogP contribution in [0.4, 0.5) is 11.6 Å². The van der Waals surface area contributed by atoms with Crippen molar-refractivity contribution in [3.63, 3.8) is 0 Å². The molecule has 0 saturated carbocycles. The predicted molar refractivity (Wildman–Crippen MR) is 133 cm³/mol. The third-order valence-corrected chi connectivity index (χ3v) is 6.76. The summed E-state index contributed by atoms with van der Waals surface area (Å²) < 4.78 is 7.68. The summed E-state index contributed by atoms with van der Waals surface area (Å²) in [7, 11) is -1.21. The van der Waals surface area contributed by atoms with E-state index in [0.29, 0.717) is 35.0 Å². The number of amides is 1. The van der Waals surface area contributed by atoms with Crippen LogP contribution in [-0.4, -0.2) is 57.4 Å². The van der Waals surface area contributed by atoms with E-state index in [-0.39, 0.29) is 19.2 Å². The van der Waals surface area contributed by atoms with Crippen LogP contribution in [0.1, 0.15) is 29.8 Å². The average molecular weight is 471 g/mol. The largest absolute Gasteiger partial charge is 0.394 e. The van der Waals surface area contributed by atoms with E-state index in [1.54, 1.807) is 37.0 Å². The Bertz CT molecular complexity index is 1110. The maximum atomic E-state index is 13.0. The number of hydrogen-bond acceptors (Lipinski definition) is 7. The lowest BCUT2D eigenvalue weighted by Crippen LogP contribution is -2.46. The Morgan fingerprint density at radius 2 is 1.94 bits per heavy atom. The first-order valence-electron chi connectivity index (χ1n) is 11.0. The second-order valence-electron chi connectivity index (χ2n) is 10.1.